The van der Waals surface area contributed by atoms with Crippen LogP contribution in [0.25, 0.3) is 0 Å². The zero-order valence-corrected chi connectivity index (χ0v) is 12.6. The van der Waals surface area contributed by atoms with Gasteiger partial charge < -0.3 is 9.73 Å². The van der Waals surface area contributed by atoms with Crippen LogP contribution in [0.4, 0.5) is 0 Å². The Morgan fingerprint density at radius 2 is 1.81 bits per heavy atom. The van der Waals surface area contributed by atoms with Gasteiger partial charge in [-0.3, -0.25) is 0 Å². The van der Waals surface area contributed by atoms with Crippen molar-refractivity contribution in [3.8, 4) is 0 Å². The third-order valence-corrected chi connectivity index (χ3v) is 5.07. The average Bonchev–Trinajstić information content (AvgIpc) is 3.11. The third-order valence-electron chi connectivity index (χ3n) is 3.79. The van der Waals surface area contributed by atoms with Gasteiger partial charge in [0.05, 0.1) is 6.54 Å². The van der Waals surface area contributed by atoms with E-state index in [4.69, 9.17) is 4.42 Å². The molecule has 0 amide bonds. The molecule has 1 aromatic carbocycles. The van der Waals surface area contributed by atoms with E-state index in [0.717, 1.165) is 12.8 Å². The highest BCUT2D eigenvalue weighted by atomic mass is 32.2. The lowest BCUT2D eigenvalue weighted by Gasteiger charge is -2.10. The first-order chi connectivity index (χ1) is 10.1. The maximum Gasteiger partial charge on any atom is 0.273 e. The molecule has 0 bridgehead atoms. The minimum absolute atomic E-state index is 0.0449. The molecule has 3 rings (SSSR count). The molecule has 112 valence electrons. The van der Waals surface area contributed by atoms with E-state index in [1.807, 2.05) is 0 Å². The first-order valence-corrected chi connectivity index (χ1v) is 8.39. The van der Waals surface area contributed by atoms with Crippen molar-refractivity contribution in [3.05, 3.63) is 53.3 Å². The van der Waals surface area contributed by atoms with Crippen LogP contribution >= 0.6 is 0 Å². The molecule has 1 aromatic heterocycles. The predicted octanol–water partition coefficient (Wildman–Crippen LogP) is 1.44. The Kier molecular flexibility index (Phi) is 3.84. The molecule has 0 atom stereocenters. The number of hydrogen-bond acceptors (Lipinski definition) is 4. The van der Waals surface area contributed by atoms with Crippen LogP contribution in [0.5, 0.6) is 0 Å². The maximum absolute atomic E-state index is 11.6. The summed E-state index contributed by atoms with van der Waals surface area (Å²) in [5, 5.41) is 3.37. The summed E-state index contributed by atoms with van der Waals surface area (Å²) in [5.74, 6) is 0.625. The molecule has 5 nitrogen and oxygen atoms in total. The SMILES string of the molecule is CNS(=O)(=O)c1ccc(CNC2Cc3ccccc3C2)o1. The molecule has 1 heterocycles. The smallest absolute Gasteiger partial charge is 0.273 e. The van der Waals surface area contributed by atoms with Crippen LogP contribution in [0.15, 0.2) is 45.9 Å². The van der Waals surface area contributed by atoms with Crippen molar-refractivity contribution in [2.75, 3.05) is 7.05 Å². The second-order valence-corrected chi connectivity index (χ2v) is 7.00. The van der Waals surface area contributed by atoms with E-state index < -0.39 is 10.0 Å². The highest BCUT2D eigenvalue weighted by Crippen LogP contribution is 2.22. The monoisotopic (exact) mass is 306 g/mol. The van der Waals surface area contributed by atoms with Gasteiger partial charge in [0.15, 0.2) is 0 Å². The molecule has 6 heteroatoms. The topological polar surface area (TPSA) is 71.3 Å². The summed E-state index contributed by atoms with van der Waals surface area (Å²) in [4.78, 5) is 0. The van der Waals surface area contributed by atoms with Gasteiger partial charge in [-0.05, 0) is 43.1 Å². The van der Waals surface area contributed by atoms with Crippen molar-refractivity contribution >= 4 is 10.0 Å². The minimum atomic E-state index is -3.50. The maximum atomic E-state index is 11.6. The van der Waals surface area contributed by atoms with Gasteiger partial charge in [0.2, 0.25) is 5.09 Å². The Morgan fingerprint density at radius 1 is 1.14 bits per heavy atom. The first kappa shape index (κ1) is 14.3. The number of fused-ring (bicyclic) bond motifs is 1. The van der Waals surface area contributed by atoms with Crippen LogP contribution in [0.3, 0.4) is 0 Å². The number of sulfonamides is 1. The molecule has 0 fully saturated rings. The van der Waals surface area contributed by atoms with Gasteiger partial charge >= 0.3 is 0 Å². The summed E-state index contributed by atoms with van der Waals surface area (Å²) in [7, 11) is -2.14. The van der Waals surface area contributed by atoms with E-state index in [1.54, 1.807) is 6.07 Å². The molecule has 2 N–H and O–H groups in total. The molecular weight excluding hydrogens is 288 g/mol. The second kappa shape index (κ2) is 5.63. The van der Waals surface area contributed by atoms with Crippen molar-refractivity contribution in [2.45, 2.75) is 30.5 Å². The van der Waals surface area contributed by atoms with E-state index in [1.165, 1.54) is 24.2 Å². The molecule has 0 saturated carbocycles. The predicted molar refractivity (Wildman–Crippen MR) is 79.4 cm³/mol. The van der Waals surface area contributed by atoms with Crippen LogP contribution in [-0.2, 0) is 29.4 Å². The third kappa shape index (κ3) is 3.02. The zero-order chi connectivity index (χ0) is 14.9. The van der Waals surface area contributed by atoms with Crippen molar-refractivity contribution < 1.29 is 12.8 Å². The molecule has 0 saturated heterocycles. The number of hydrogen-bond donors (Lipinski definition) is 2. The van der Waals surface area contributed by atoms with Gasteiger partial charge in [0.25, 0.3) is 10.0 Å². The van der Waals surface area contributed by atoms with E-state index in [9.17, 15) is 8.42 Å². The molecule has 0 spiro atoms. The van der Waals surface area contributed by atoms with Crippen LogP contribution in [0.2, 0.25) is 0 Å². The lowest BCUT2D eigenvalue weighted by Crippen LogP contribution is -2.28. The highest BCUT2D eigenvalue weighted by Gasteiger charge is 2.21. The quantitative estimate of drug-likeness (QED) is 0.877. The lowest BCUT2D eigenvalue weighted by molar-refractivity contribution is 0.388. The fraction of sp³-hybridized carbons (Fsp3) is 0.333. The highest BCUT2D eigenvalue weighted by molar-refractivity contribution is 7.89. The summed E-state index contributed by atoms with van der Waals surface area (Å²) in [6, 6.07) is 12.0. The number of benzene rings is 1. The normalized spacial score (nSPS) is 15.3. The van der Waals surface area contributed by atoms with Crippen LogP contribution in [0.1, 0.15) is 16.9 Å². The summed E-state index contributed by atoms with van der Waals surface area (Å²) in [5.41, 5.74) is 2.76. The van der Waals surface area contributed by atoms with E-state index >= 15 is 0 Å². The molecule has 0 unspecified atom stereocenters. The number of furan rings is 1. The zero-order valence-electron chi connectivity index (χ0n) is 11.8. The van der Waals surface area contributed by atoms with E-state index in [2.05, 4.69) is 34.3 Å². The Bertz CT molecular complexity index is 712. The largest absolute Gasteiger partial charge is 0.447 e. The molecule has 0 radical (unpaired) electrons. The van der Waals surface area contributed by atoms with Gasteiger partial charge in [-0.15, -0.1) is 0 Å². The Morgan fingerprint density at radius 3 is 2.43 bits per heavy atom. The fourth-order valence-electron chi connectivity index (χ4n) is 2.65. The minimum Gasteiger partial charge on any atom is -0.447 e. The summed E-state index contributed by atoms with van der Waals surface area (Å²) < 4.78 is 30.8. The van der Waals surface area contributed by atoms with Gasteiger partial charge in [-0.2, -0.15) is 0 Å². The Labute approximate surface area is 124 Å². The summed E-state index contributed by atoms with van der Waals surface area (Å²) >= 11 is 0. The average molecular weight is 306 g/mol. The molecule has 1 aliphatic carbocycles. The standard InChI is InChI=1S/C15H18N2O3S/c1-16-21(18,19)15-7-6-14(20-15)10-17-13-8-11-4-2-3-5-12(11)9-13/h2-7,13,16-17H,8-10H2,1H3. The van der Waals surface area contributed by atoms with Gasteiger partial charge in [0.1, 0.15) is 5.76 Å². The Hall–Kier alpha value is -1.63. The van der Waals surface area contributed by atoms with E-state index in [0.29, 0.717) is 18.3 Å². The van der Waals surface area contributed by atoms with Crippen molar-refractivity contribution in [3.63, 3.8) is 0 Å². The van der Waals surface area contributed by atoms with Gasteiger partial charge in [-0.1, -0.05) is 24.3 Å². The van der Waals surface area contributed by atoms with Crippen LogP contribution < -0.4 is 10.0 Å². The summed E-state index contributed by atoms with van der Waals surface area (Å²) in [6.07, 6.45) is 2.00. The number of nitrogens with one attached hydrogen (secondary N) is 2. The number of rotatable bonds is 5. The summed E-state index contributed by atoms with van der Waals surface area (Å²) in [6.45, 7) is 0.526. The van der Waals surface area contributed by atoms with Crippen LogP contribution in [-0.4, -0.2) is 21.5 Å². The van der Waals surface area contributed by atoms with E-state index in [-0.39, 0.29) is 5.09 Å². The molecule has 21 heavy (non-hydrogen) atoms. The molecule has 2 aromatic rings. The van der Waals surface area contributed by atoms with Crippen molar-refractivity contribution in [2.24, 2.45) is 0 Å². The molecule has 0 aliphatic heterocycles. The van der Waals surface area contributed by atoms with Crippen LogP contribution in [0, 0.1) is 0 Å². The molecule has 1 aliphatic rings. The Balaban J connectivity index is 1.60. The lowest BCUT2D eigenvalue weighted by atomic mass is 10.1. The molecular formula is C15H18N2O3S. The van der Waals surface area contributed by atoms with Crippen molar-refractivity contribution in [1.82, 2.24) is 10.0 Å². The second-order valence-electron chi connectivity index (χ2n) is 5.18. The first-order valence-electron chi connectivity index (χ1n) is 6.91. The van der Waals surface area contributed by atoms with Gasteiger partial charge in [0, 0.05) is 6.04 Å². The fourth-order valence-corrected chi connectivity index (χ4v) is 3.31. The van der Waals surface area contributed by atoms with Crippen molar-refractivity contribution in [1.29, 1.82) is 0 Å². The van der Waals surface area contributed by atoms with Gasteiger partial charge in [-0.25, -0.2) is 13.1 Å².